The van der Waals surface area contributed by atoms with Crippen LogP contribution in [0.15, 0.2) is 90.8 Å². The number of ketones is 1. The van der Waals surface area contributed by atoms with Gasteiger partial charge in [0, 0.05) is 37.9 Å². The first kappa shape index (κ1) is 34.8. The zero-order valence-electron chi connectivity index (χ0n) is 26.6. The number of hydrogen-bond donors (Lipinski definition) is 1. The number of allylic oxidation sites excluding steroid dienone is 2. The third kappa shape index (κ3) is 7.01. The summed E-state index contributed by atoms with van der Waals surface area (Å²) in [6, 6.07) is 27.8. The molecule has 0 saturated carbocycles. The van der Waals surface area contributed by atoms with E-state index in [2.05, 4.69) is 49.4 Å². The van der Waals surface area contributed by atoms with Crippen LogP contribution >= 0.6 is 0 Å². The summed E-state index contributed by atoms with van der Waals surface area (Å²) in [6.07, 6.45) is -1.27. The third-order valence-corrected chi connectivity index (χ3v) is 8.02. The van der Waals surface area contributed by atoms with Gasteiger partial charge in [0.25, 0.3) is 0 Å². The molecule has 3 nitrogen and oxygen atoms in total. The van der Waals surface area contributed by atoms with Crippen molar-refractivity contribution >= 4 is 16.6 Å². The summed E-state index contributed by atoms with van der Waals surface area (Å²) >= 11 is 0. The second-order valence-electron chi connectivity index (χ2n) is 12.4. The van der Waals surface area contributed by atoms with Gasteiger partial charge < -0.3 is 10.1 Å². The van der Waals surface area contributed by atoms with Crippen molar-refractivity contribution in [2.24, 2.45) is 5.41 Å². The summed E-state index contributed by atoms with van der Waals surface area (Å²) < 4.78 is 41.1. The molecule has 1 heterocycles. The first-order valence-corrected chi connectivity index (χ1v) is 14.8. The summed E-state index contributed by atoms with van der Waals surface area (Å²) in [4.78, 5) is 15.0. The Kier molecular flexibility index (Phi) is 10.1. The van der Waals surface area contributed by atoms with E-state index in [1.165, 1.54) is 33.8 Å². The zero-order chi connectivity index (χ0) is 32.7. The molecule has 0 bridgehead atoms. The molecule has 0 amide bonds. The molecule has 1 N–H and O–H groups in total. The summed E-state index contributed by atoms with van der Waals surface area (Å²) in [5.74, 6) is -0.0625. The van der Waals surface area contributed by atoms with E-state index in [1.54, 1.807) is 0 Å². The zero-order valence-corrected chi connectivity index (χ0v) is 29.0. The number of aryl methyl sites for hydroxylation is 2. The molecule has 0 spiro atoms. The van der Waals surface area contributed by atoms with Gasteiger partial charge in [-0.2, -0.15) is 13.2 Å². The normalized spacial score (nSPS) is 12.2. The number of nitrogens with zero attached hydrogens (tertiary/aromatic N) is 1. The molecule has 5 aromatic rings. The summed E-state index contributed by atoms with van der Waals surface area (Å²) in [7, 11) is 0. The van der Waals surface area contributed by atoms with E-state index in [0.29, 0.717) is 5.56 Å². The smallest absolute Gasteiger partial charge is 0.394 e. The van der Waals surface area contributed by atoms with Crippen LogP contribution in [0.4, 0.5) is 13.2 Å². The Morgan fingerprint density at radius 1 is 0.848 bits per heavy atom. The van der Waals surface area contributed by atoms with E-state index in [-0.39, 0.29) is 38.1 Å². The number of aliphatic hydroxyl groups excluding tert-OH is 1. The van der Waals surface area contributed by atoms with Gasteiger partial charge in [0.05, 0.1) is 11.2 Å². The molecule has 239 valence electrons. The predicted octanol–water partition coefficient (Wildman–Crippen LogP) is 10.8. The van der Waals surface area contributed by atoms with Crippen molar-refractivity contribution in [1.29, 1.82) is 0 Å². The van der Waals surface area contributed by atoms with Gasteiger partial charge >= 0.3 is 6.18 Å². The molecule has 0 saturated heterocycles. The maximum atomic E-state index is 13.7. The molecule has 1 aliphatic carbocycles. The summed E-state index contributed by atoms with van der Waals surface area (Å²) in [5, 5.41) is 10.5. The van der Waals surface area contributed by atoms with E-state index in [0.717, 1.165) is 66.5 Å². The van der Waals surface area contributed by atoms with Gasteiger partial charge in [-0.15, -0.1) is 34.9 Å². The average molecular weight is 799 g/mol. The minimum atomic E-state index is -4.28. The molecule has 7 heteroatoms. The van der Waals surface area contributed by atoms with Crippen molar-refractivity contribution in [3.8, 4) is 44.6 Å². The monoisotopic (exact) mass is 799 g/mol. The molecule has 0 fully saturated rings. The maximum Gasteiger partial charge on any atom is 0.394 e. The largest absolute Gasteiger partial charge is 0.512 e. The van der Waals surface area contributed by atoms with Gasteiger partial charge in [0.2, 0.25) is 0 Å². The Labute approximate surface area is 281 Å². The Balaban J connectivity index is 0.000000542. The molecule has 4 aromatic carbocycles. The number of carbonyl (C=O) groups excluding carboxylic acids is 1. The molecule has 0 atom stereocenters. The van der Waals surface area contributed by atoms with Gasteiger partial charge in [-0.3, -0.25) is 4.79 Å². The fourth-order valence-corrected chi connectivity index (χ4v) is 5.99. The molecular weight excluding hydrogens is 764 g/mol. The number of pyridine rings is 1. The van der Waals surface area contributed by atoms with Crippen molar-refractivity contribution in [1.82, 2.24) is 4.98 Å². The van der Waals surface area contributed by atoms with Gasteiger partial charge in [0.1, 0.15) is 0 Å². The number of rotatable bonds is 4. The summed E-state index contributed by atoms with van der Waals surface area (Å²) in [5.41, 5.74) is 8.94. The molecule has 0 aliphatic heterocycles. The molecule has 46 heavy (non-hydrogen) atoms. The Morgan fingerprint density at radius 3 is 2.07 bits per heavy atom. The number of carbonyl (C=O) groups is 1. The number of fused-ring (bicyclic) bond motifs is 5. The quantitative estimate of drug-likeness (QED) is 0.110. The average Bonchev–Trinajstić information content (AvgIpc) is 3.06. The minimum Gasteiger partial charge on any atom is -0.512 e. The fraction of sp³-hybridized carbons (Fsp3) is 0.231. The van der Waals surface area contributed by atoms with Crippen LogP contribution in [0.25, 0.3) is 55.4 Å². The van der Waals surface area contributed by atoms with Crippen LogP contribution in [0, 0.1) is 25.3 Å². The third-order valence-electron chi connectivity index (χ3n) is 8.02. The van der Waals surface area contributed by atoms with Gasteiger partial charge in [-0.05, 0) is 70.1 Å². The SMILES string of the molecule is CC(=O)/C=C(/C)O.Cc1[c-]c(-c2ncc3c4c(cccc24)-c2ccc(CC(C)(C)C(F)(F)F)cc2-c2ccccc2-3)cc(C)c1.[Ir]. The Bertz CT molecular complexity index is 1950. The van der Waals surface area contributed by atoms with Gasteiger partial charge in [-0.1, -0.05) is 88.4 Å². The number of halogens is 3. The van der Waals surface area contributed by atoms with Crippen LogP contribution in [0.2, 0.25) is 0 Å². The molecule has 1 aliphatic rings. The molecular formula is C39H35F3IrNO2-. The number of aromatic nitrogens is 1. The second kappa shape index (κ2) is 13.4. The first-order valence-electron chi connectivity index (χ1n) is 14.8. The molecule has 0 unspecified atom stereocenters. The van der Waals surface area contributed by atoms with Crippen LogP contribution in [0.5, 0.6) is 0 Å². The van der Waals surface area contributed by atoms with Crippen LogP contribution in [-0.2, 0) is 31.3 Å². The van der Waals surface area contributed by atoms with E-state index >= 15 is 0 Å². The topological polar surface area (TPSA) is 50.2 Å². The number of hydrogen-bond acceptors (Lipinski definition) is 3. The first-order chi connectivity index (χ1) is 21.2. The van der Waals surface area contributed by atoms with E-state index in [9.17, 15) is 18.0 Å². The number of alkyl halides is 3. The van der Waals surface area contributed by atoms with Gasteiger partial charge in [0.15, 0.2) is 5.78 Å². The standard InChI is InChI=1S/C34H27F3N.C5H8O2.Ir/c1-20-14-21(2)16-23(15-20)32-28-11-7-10-27-26-13-12-22(18-33(3,4)34(35,36)37)17-29(26)24-8-5-6-9-25(24)30(19-38-32)31(27)28;1-4(6)3-5(2)7;/h5-15,17,19H,18H2,1-4H3;3,6H,1-2H3;/q-1;;/b;4-3-;. The molecule has 6 rings (SSSR count). The van der Waals surface area contributed by atoms with Crippen LogP contribution in [0.1, 0.15) is 44.4 Å². The van der Waals surface area contributed by atoms with Crippen molar-refractivity contribution in [3.05, 3.63) is 114 Å². The Morgan fingerprint density at radius 2 is 1.48 bits per heavy atom. The van der Waals surface area contributed by atoms with Crippen molar-refractivity contribution in [3.63, 3.8) is 0 Å². The van der Waals surface area contributed by atoms with Crippen LogP contribution in [0.3, 0.4) is 0 Å². The van der Waals surface area contributed by atoms with E-state index in [4.69, 9.17) is 10.1 Å². The van der Waals surface area contributed by atoms with Gasteiger partial charge in [-0.25, -0.2) is 0 Å². The minimum absolute atomic E-state index is 0. The van der Waals surface area contributed by atoms with Crippen LogP contribution in [-0.4, -0.2) is 22.1 Å². The maximum absolute atomic E-state index is 13.7. The second-order valence-corrected chi connectivity index (χ2v) is 12.4. The molecule has 1 aromatic heterocycles. The number of benzene rings is 4. The van der Waals surface area contributed by atoms with Crippen molar-refractivity contribution < 1.29 is 43.2 Å². The van der Waals surface area contributed by atoms with Crippen molar-refractivity contribution in [2.45, 2.75) is 54.1 Å². The summed E-state index contributed by atoms with van der Waals surface area (Å²) in [6.45, 7) is 9.49. The van der Waals surface area contributed by atoms with Crippen LogP contribution < -0.4 is 0 Å². The molecule has 1 radical (unpaired) electrons. The predicted molar refractivity (Wildman–Crippen MR) is 176 cm³/mol. The fourth-order valence-electron chi connectivity index (χ4n) is 5.99. The Hall–Kier alpha value is -4.06. The van der Waals surface area contributed by atoms with E-state index in [1.807, 2.05) is 49.5 Å². The van der Waals surface area contributed by atoms with E-state index < -0.39 is 11.6 Å². The van der Waals surface area contributed by atoms with Crippen molar-refractivity contribution in [2.75, 3.05) is 0 Å². The number of aliphatic hydroxyl groups is 1.